The van der Waals surface area contributed by atoms with Crippen molar-refractivity contribution in [2.24, 2.45) is 0 Å². The van der Waals surface area contributed by atoms with E-state index in [9.17, 15) is 19.8 Å². The number of benzene rings is 3. The number of hydrogen-bond acceptors (Lipinski definition) is 4. The molecule has 32 heavy (non-hydrogen) atoms. The molecule has 0 aromatic heterocycles. The van der Waals surface area contributed by atoms with Gasteiger partial charge < -0.3 is 8.33 Å². The summed E-state index contributed by atoms with van der Waals surface area (Å²) in [6.45, 7) is 0. The van der Waals surface area contributed by atoms with Gasteiger partial charge in [-0.1, -0.05) is 0 Å². The maximum absolute atomic E-state index is 12.2. The molecule has 0 saturated carbocycles. The minimum absolute atomic E-state index is 0. The minimum Gasteiger partial charge on any atom is -1.00 e. The third kappa shape index (κ3) is 6.03. The molecule has 2 aliphatic rings. The molecule has 0 atom stereocenters. The number of carboxylic acid groups (broad SMARTS) is 1. The zero-order chi connectivity index (χ0) is 20.2. The Morgan fingerprint density at radius 1 is 1.03 bits per heavy atom. The van der Waals surface area contributed by atoms with Crippen molar-refractivity contribution in [2.45, 2.75) is 0 Å². The summed E-state index contributed by atoms with van der Waals surface area (Å²) in [6, 6.07) is 11.4. The van der Waals surface area contributed by atoms with Crippen LogP contribution < -0.4 is 67.6 Å². The predicted molar refractivity (Wildman–Crippen MR) is 129 cm³/mol. The Morgan fingerprint density at radius 2 is 1.66 bits per heavy atom. The van der Waals surface area contributed by atoms with Crippen LogP contribution in [0.25, 0.3) is 33.4 Å². The SMILES string of the molecule is I.O.O=C(O)c1ccccc1-c1c2cc(Br)c(=O)cc-2oc2[c]([Hg])c(O)c(Br)cc12.[H-].[H-].[Na+].[Na+]. The van der Waals surface area contributed by atoms with E-state index in [0.29, 0.717) is 45.4 Å². The molecule has 4 rings (SSSR count). The van der Waals surface area contributed by atoms with Gasteiger partial charge in [-0.15, -0.1) is 24.0 Å². The normalized spacial score (nSPS) is 9.88. The van der Waals surface area contributed by atoms with E-state index in [4.69, 9.17) is 4.42 Å². The molecule has 1 heterocycles. The van der Waals surface area contributed by atoms with E-state index in [0.717, 1.165) is 0 Å². The average molecular weight is 884 g/mol. The van der Waals surface area contributed by atoms with Crippen LogP contribution in [-0.2, 0) is 26.1 Å². The number of carbonyl (C=O) groups is 1. The summed E-state index contributed by atoms with van der Waals surface area (Å²) < 4.78 is 7.55. The van der Waals surface area contributed by atoms with Crippen LogP contribution in [0, 0.1) is 0 Å². The van der Waals surface area contributed by atoms with Crippen molar-refractivity contribution in [3.8, 4) is 28.2 Å². The molecule has 1 aliphatic carbocycles. The van der Waals surface area contributed by atoms with Gasteiger partial charge >= 0.3 is 252 Å². The van der Waals surface area contributed by atoms with Crippen LogP contribution >= 0.6 is 55.8 Å². The van der Waals surface area contributed by atoms with Crippen LogP contribution in [0.1, 0.15) is 13.2 Å². The number of carboxylic acids is 1. The molecule has 0 saturated heterocycles. The van der Waals surface area contributed by atoms with Crippen molar-refractivity contribution in [1.82, 2.24) is 0 Å². The Bertz CT molecular complexity index is 1340. The van der Waals surface area contributed by atoms with Crippen molar-refractivity contribution in [3.05, 3.63) is 67.2 Å². The molecule has 2 aromatic rings. The second kappa shape index (κ2) is 13.3. The van der Waals surface area contributed by atoms with Crippen LogP contribution in [0.15, 0.2) is 60.6 Å². The van der Waals surface area contributed by atoms with Crippen LogP contribution in [0.2, 0.25) is 0 Å². The zero-order valence-electron chi connectivity index (χ0n) is 19.0. The summed E-state index contributed by atoms with van der Waals surface area (Å²) in [5.41, 5.74) is 2.13. The first kappa shape index (κ1) is 33.0. The van der Waals surface area contributed by atoms with Crippen LogP contribution in [-0.4, -0.2) is 21.7 Å². The number of aromatic carboxylic acids is 1. The van der Waals surface area contributed by atoms with Gasteiger partial charge in [0.25, 0.3) is 0 Å². The summed E-state index contributed by atoms with van der Waals surface area (Å²) in [7, 11) is 0. The summed E-state index contributed by atoms with van der Waals surface area (Å²) in [5.74, 6) is -0.606. The fourth-order valence-electron chi connectivity index (χ4n) is 3.22. The van der Waals surface area contributed by atoms with Crippen LogP contribution in [0.3, 0.4) is 0 Å². The molecule has 0 unspecified atom stereocenters. The molecule has 12 heteroatoms. The molecule has 4 N–H and O–H groups in total. The number of phenolic OH excluding ortho intramolecular Hbond substituents is 1. The Morgan fingerprint density at radius 3 is 2.28 bits per heavy atom. The molecular formula is C20H14Br2HgINa2O6. The van der Waals surface area contributed by atoms with E-state index < -0.39 is 5.97 Å². The van der Waals surface area contributed by atoms with Crippen LogP contribution in [0.4, 0.5) is 0 Å². The summed E-state index contributed by atoms with van der Waals surface area (Å²) in [4.78, 5) is 24.0. The quantitative estimate of drug-likeness (QED) is 0.148. The number of rotatable bonds is 2. The van der Waals surface area contributed by atoms with Gasteiger partial charge in [0.2, 0.25) is 0 Å². The molecule has 2 aromatic carbocycles. The second-order valence-corrected chi connectivity index (χ2v) is 10.6. The molecule has 1 aliphatic heterocycles. The fraction of sp³-hybridized carbons (Fsp3) is 0. The zero-order valence-corrected chi connectivity index (χ0v) is 32.0. The smallest absolute Gasteiger partial charge is 1.00 e. The van der Waals surface area contributed by atoms with E-state index in [1.807, 2.05) is 0 Å². The van der Waals surface area contributed by atoms with Gasteiger partial charge in [0.15, 0.2) is 0 Å². The molecule has 0 fully saturated rings. The number of phenols is 1. The third-order valence-corrected chi connectivity index (χ3v) is 8.29. The summed E-state index contributed by atoms with van der Waals surface area (Å²) in [6.07, 6.45) is 0. The van der Waals surface area contributed by atoms with Crippen LogP contribution in [0.5, 0.6) is 5.75 Å². The van der Waals surface area contributed by atoms with Gasteiger partial charge in [-0.25, -0.2) is 0 Å². The standard InChI is InChI=1S/C20H9Br2O5.Hg.HI.2Na.H2O.2H/c21-13-5-11-17(7-15(13)23)27-18-8-16(24)14(22)6-12(18)19(11)9-3-1-2-4-10(9)20(25)26;;;;;;;/h1-7,24H,(H,25,26);;1H;;;1H2;;/q;;;2*+1;;2*-1. The molecule has 0 amide bonds. The van der Waals surface area contributed by atoms with E-state index >= 15 is 0 Å². The fourth-order valence-corrected chi connectivity index (χ4v) is 6.80. The van der Waals surface area contributed by atoms with Crippen molar-refractivity contribution < 1.29 is 113 Å². The average Bonchev–Trinajstić information content (AvgIpc) is 2.66. The number of fused-ring (bicyclic) bond motifs is 2. The molecule has 6 nitrogen and oxygen atoms in total. The van der Waals surface area contributed by atoms with Gasteiger partial charge in [-0.2, -0.15) is 0 Å². The third-order valence-electron chi connectivity index (χ3n) is 4.51. The van der Waals surface area contributed by atoms with E-state index in [-0.39, 0.29) is 134 Å². The Balaban J connectivity index is -0.00000160. The maximum atomic E-state index is 12.2. The Hall–Kier alpha value is 0.985. The predicted octanol–water partition coefficient (Wildman–Crippen LogP) is -1.31. The minimum atomic E-state index is -1.05. The number of halogens is 3. The Labute approximate surface area is 280 Å². The van der Waals surface area contributed by atoms with E-state index in [2.05, 4.69) is 31.9 Å². The van der Waals surface area contributed by atoms with Gasteiger partial charge in [-0.05, 0) is 0 Å². The molecule has 155 valence electrons. The van der Waals surface area contributed by atoms with Gasteiger partial charge in [0.05, 0.1) is 0 Å². The van der Waals surface area contributed by atoms with Gasteiger partial charge in [0.1, 0.15) is 0 Å². The van der Waals surface area contributed by atoms with Crippen molar-refractivity contribution in [2.75, 3.05) is 0 Å². The van der Waals surface area contributed by atoms with Crippen molar-refractivity contribution in [1.29, 1.82) is 0 Å². The summed E-state index contributed by atoms with van der Waals surface area (Å²) in [5, 5.41) is 20.7. The Kier molecular flexibility index (Phi) is 13.7. The van der Waals surface area contributed by atoms with E-state index in [1.165, 1.54) is 12.1 Å². The van der Waals surface area contributed by atoms with Crippen molar-refractivity contribution in [3.63, 3.8) is 0 Å². The first-order valence-electron chi connectivity index (χ1n) is 8.05. The molecule has 0 bridgehead atoms. The first-order valence-corrected chi connectivity index (χ1v) is 12.4. The first-order chi connectivity index (χ1) is 13.3. The van der Waals surface area contributed by atoms with Gasteiger partial charge in [-0.3, -0.25) is 0 Å². The molecular weight excluding hydrogens is 869 g/mol. The topological polar surface area (TPSA) is 119 Å². The molecule has 0 spiro atoms. The molecule has 0 radical (unpaired) electrons. The largest absolute Gasteiger partial charge is 1.00 e. The van der Waals surface area contributed by atoms with Gasteiger partial charge in [0, 0.05) is 0 Å². The van der Waals surface area contributed by atoms with Crippen molar-refractivity contribution >= 4 is 75.8 Å². The monoisotopic (exact) mass is 883 g/mol. The number of hydrogen-bond donors (Lipinski definition) is 2. The summed E-state index contributed by atoms with van der Waals surface area (Å²) >= 11 is 6.64. The number of aromatic hydroxyl groups is 1. The second-order valence-electron chi connectivity index (χ2n) is 6.17. The maximum Gasteiger partial charge on any atom is 1.00 e. The van der Waals surface area contributed by atoms with E-state index in [1.54, 1.807) is 30.3 Å².